The molecule has 0 fully saturated rings. The number of pyridine rings is 1. The molecule has 21 heavy (non-hydrogen) atoms. The summed E-state index contributed by atoms with van der Waals surface area (Å²) in [6.07, 6.45) is 5.24. The maximum atomic E-state index is 14.3. The molecule has 106 valence electrons. The summed E-state index contributed by atoms with van der Waals surface area (Å²) in [7, 11) is 1.20. The number of carbonyl (C=O) groups is 1. The Morgan fingerprint density at radius 1 is 1.43 bits per heavy atom. The number of methoxy groups -OCH3 is 1. The number of ether oxygens (including phenoxy) is 1. The van der Waals surface area contributed by atoms with Crippen molar-refractivity contribution in [2.75, 3.05) is 12.8 Å². The van der Waals surface area contributed by atoms with Gasteiger partial charge in [-0.2, -0.15) is 0 Å². The lowest BCUT2D eigenvalue weighted by atomic mass is 10.1. The molecule has 0 amide bonds. The third kappa shape index (κ3) is 2.49. The number of nitrogen functional groups attached to an aromatic ring is 1. The average molecular weight is 286 g/mol. The maximum Gasteiger partial charge on any atom is 0.358 e. The van der Waals surface area contributed by atoms with Gasteiger partial charge in [0.2, 0.25) is 0 Å². The molecule has 2 aromatic rings. The third-order valence-electron chi connectivity index (χ3n) is 2.86. The highest BCUT2D eigenvalue weighted by Gasteiger charge is 2.23. The maximum absolute atomic E-state index is 14.3. The summed E-state index contributed by atoms with van der Waals surface area (Å²) in [5, 5.41) is 9.12. The molecule has 0 spiro atoms. The Bertz CT molecular complexity index is 749. The van der Waals surface area contributed by atoms with Gasteiger partial charge in [-0.15, -0.1) is 6.42 Å². The SMILES string of the molecule is C#Cc1ccc(-c2nc(C(=O)O)c(OC)c(N)c2F)cc1. The van der Waals surface area contributed by atoms with Crippen LogP contribution in [0.3, 0.4) is 0 Å². The van der Waals surface area contributed by atoms with Crippen molar-refractivity contribution in [1.82, 2.24) is 4.98 Å². The van der Waals surface area contributed by atoms with Crippen molar-refractivity contribution in [3.8, 4) is 29.4 Å². The van der Waals surface area contributed by atoms with E-state index >= 15 is 0 Å². The quantitative estimate of drug-likeness (QED) is 0.844. The fraction of sp³-hybridized carbons (Fsp3) is 0.0667. The van der Waals surface area contributed by atoms with Gasteiger partial charge in [0.05, 0.1) is 7.11 Å². The summed E-state index contributed by atoms with van der Waals surface area (Å²) < 4.78 is 19.1. The van der Waals surface area contributed by atoms with Crippen molar-refractivity contribution in [2.45, 2.75) is 0 Å². The molecular formula is C15H11FN2O3. The van der Waals surface area contributed by atoms with Crippen LogP contribution in [0.5, 0.6) is 5.75 Å². The highest BCUT2D eigenvalue weighted by molar-refractivity contribution is 5.92. The minimum Gasteiger partial charge on any atom is -0.492 e. The average Bonchev–Trinajstić information content (AvgIpc) is 2.49. The molecule has 5 nitrogen and oxygen atoms in total. The number of benzene rings is 1. The molecule has 0 radical (unpaired) electrons. The zero-order valence-corrected chi connectivity index (χ0v) is 11.1. The fourth-order valence-corrected chi connectivity index (χ4v) is 1.83. The van der Waals surface area contributed by atoms with Crippen molar-refractivity contribution in [1.29, 1.82) is 0 Å². The minimum atomic E-state index is -1.36. The highest BCUT2D eigenvalue weighted by atomic mass is 19.1. The number of hydrogen-bond donors (Lipinski definition) is 2. The molecule has 0 aliphatic rings. The van der Waals surface area contributed by atoms with E-state index in [1.54, 1.807) is 12.1 Å². The second-order valence-corrected chi connectivity index (χ2v) is 4.10. The molecule has 1 heterocycles. The summed E-state index contributed by atoms with van der Waals surface area (Å²) in [6.45, 7) is 0. The van der Waals surface area contributed by atoms with Crippen molar-refractivity contribution < 1.29 is 19.0 Å². The number of carboxylic acids is 1. The molecular weight excluding hydrogens is 275 g/mol. The third-order valence-corrected chi connectivity index (χ3v) is 2.86. The minimum absolute atomic E-state index is 0.172. The Kier molecular flexibility index (Phi) is 3.76. The van der Waals surface area contributed by atoms with Crippen LogP contribution in [-0.4, -0.2) is 23.2 Å². The van der Waals surface area contributed by atoms with Gasteiger partial charge in [0.25, 0.3) is 0 Å². The molecule has 2 rings (SSSR count). The van der Waals surface area contributed by atoms with Crippen molar-refractivity contribution in [2.24, 2.45) is 0 Å². The Balaban J connectivity index is 2.68. The molecule has 0 saturated carbocycles. The summed E-state index contributed by atoms with van der Waals surface area (Å²) in [4.78, 5) is 15.0. The van der Waals surface area contributed by atoms with Crippen LogP contribution in [0.15, 0.2) is 24.3 Å². The molecule has 0 bridgehead atoms. The van der Waals surface area contributed by atoms with Gasteiger partial charge < -0.3 is 15.6 Å². The highest BCUT2D eigenvalue weighted by Crippen LogP contribution is 2.33. The number of aromatic carboxylic acids is 1. The van der Waals surface area contributed by atoms with E-state index in [1.807, 2.05) is 0 Å². The lowest BCUT2D eigenvalue weighted by Crippen LogP contribution is -2.10. The number of rotatable bonds is 3. The van der Waals surface area contributed by atoms with Crippen molar-refractivity contribution in [3.63, 3.8) is 0 Å². The van der Waals surface area contributed by atoms with Gasteiger partial charge in [0.1, 0.15) is 11.4 Å². The van der Waals surface area contributed by atoms with E-state index in [1.165, 1.54) is 19.2 Å². The molecule has 1 aromatic carbocycles. The standard InChI is InChI=1S/C15H11FN2O3/c1-3-8-4-6-9(7-5-8)12-10(16)11(17)14(21-2)13(18-12)15(19)20/h1,4-7H,2H3,(H2,17,18)(H,19,20). The summed E-state index contributed by atoms with van der Waals surface area (Å²) in [5.74, 6) is -0.0787. The van der Waals surface area contributed by atoms with E-state index in [-0.39, 0.29) is 11.4 Å². The van der Waals surface area contributed by atoms with Crippen LogP contribution in [0.1, 0.15) is 16.1 Å². The number of carboxylic acid groups (broad SMARTS) is 1. The number of halogens is 1. The molecule has 0 unspecified atom stereocenters. The summed E-state index contributed by atoms with van der Waals surface area (Å²) in [6, 6.07) is 6.27. The largest absolute Gasteiger partial charge is 0.492 e. The molecule has 0 aliphatic carbocycles. The number of aromatic nitrogens is 1. The molecule has 1 aromatic heterocycles. The Labute approximate surface area is 120 Å². The van der Waals surface area contributed by atoms with E-state index in [4.69, 9.17) is 22.0 Å². The zero-order valence-electron chi connectivity index (χ0n) is 11.1. The van der Waals surface area contributed by atoms with Crippen LogP contribution in [-0.2, 0) is 0 Å². The zero-order chi connectivity index (χ0) is 15.6. The molecule has 3 N–H and O–H groups in total. The van der Waals surface area contributed by atoms with E-state index in [0.29, 0.717) is 11.1 Å². The Morgan fingerprint density at radius 2 is 2.05 bits per heavy atom. The van der Waals surface area contributed by atoms with Gasteiger partial charge >= 0.3 is 5.97 Å². The Morgan fingerprint density at radius 3 is 2.52 bits per heavy atom. The first kappa shape index (κ1) is 14.3. The van der Waals surface area contributed by atoms with E-state index in [0.717, 1.165) is 0 Å². The van der Waals surface area contributed by atoms with Crippen LogP contribution in [0.2, 0.25) is 0 Å². The molecule has 0 saturated heterocycles. The first-order valence-corrected chi connectivity index (χ1v) is 5.83. The first-order chi connectivity index (χ1) is 9.99. The number of nitrogens with zero attached hydrogens (tertiary/aromatic N) is 1. The van der Waals surface area contributed by atoms with Crippen molar-refractivity contribution in [3.05, 3.63) is 41.3 Å². The van der Waals surface area contributed by atoms with Gasteiger partial charge in [0.15, 0.2) is 17.3 Å². The second-order valence-electron chi connectivity index (χ2n) is 4.10. The fourth-order valence-electron chi connectivity index (χ4n) is 1.83. The van der Waals surface area contributed by atoms with E-state index in [2.05, 4.69) is 10.9 Å². The molecule has 0 atom stereocenters. The number of hydrogen-bond acceptors (Lipinski definition) is 4. The monoisotopic (exact) mass is 286 g/mol. The van der Waals surface area contributed by atoms with Gasteiger partial charge in [-0.3, -0.25) is 0 Å². The summed E-state index contributed by atoms with van der Waals surface area (Å²) >= 11 is 0. The van der Waals surface area contributed by atoms with Gasteiger partial charge in [0, 0.05) is 11.1 Å². The Hall–Kier alpha value is -3.07. The predicted molar refractivity (Wildman–Crippen MR) is 75.5 cm³/mol. The van der Waals surface area contributed by atoms with Crippen LogP contribution in [0.25, 0.3) is 11.3 Å². The van der Waals surface area contributed by atoms with E-state index < -0.39 is 23.2 Å². The van der Waals surface area contributed by atoms with E-state index in [9.17, 15) is 9.18 Å². The first-order valence-electron chi connectivity index (χ1n) is 5.83. The van der Waals surface area contributed by atoms with Crippen LogP contribution in [0.4, 0.5) is 10.1 Å². The number of anilines is 1. The normalized spacial score (nSPS) is 9.95. The van der Waals surface area contributed by atoms with Gasteiger partial charge in [-0.1, -0.05) is 18.1 Å². The summed E-state index contributed by atoms with van der Waals surface area (Å²) in [5.41, 5.74) is 5.54. The van der Waals surface area contributed by atoms with Crippen LogP contribution in [0, 0.1) is 18.2 Å². The predicted octanol–water partition coefficient (Wildman–Crippen LogP) is 2.16. The lowest BCUT2D eigenvalue weighted by Gasteiger charge is -2.12. The molecule has 0 aliphatic heterocycles. The smallest absolute Gasteiger partial charge is 0.358 e. The molecule has 6 heteroatoms. The second kappa shape index (κ2) is 5.51. The van der Waals surface area contributed by atoms with Crippen LogP contribution >= 0.6 is 0 Å². The van der Waals surface area contributed by atoms with Gasteiger partial charge in [-0.25, -0.2) is 14.2 Å². The number of nitrogens with two attached hydrogens (primary N) is 1. The topological polar surface area (TPSA) is 85.4 Å². The van der Waals surface area contributed by atoms with Gasteiger partial charge in [-0.05, 0) is 12.1 Å². The van der Waals surface area contributed by atoms with Crippen LogP contribution < -0.4 is 10.5 Å². The van der Waals surface area contributed by atoms with Crippen molar-refractivity contribution >= 4 is 11.7 Å². The lowest BCUT2D eigenvalue weighted by molar-refractivity contribution is 0.0686. The number of terminal acetylenes is 1.